The fourth-order valence-electron chi connectivity index (χ4n) is 2.33. The van der Waals surface area contributed by atoms with E-state index in [1.165, 1.54) is 12.8 Å². The number of rotatable bonds is 5. The average molecular weight is 242 g/mol. The summed E-state index contributed by atoms with van der Waals surface area (Å²) in [6.07, 6.45) is 4.46. The summed E-state index contributed by atoms with van der Waals surface area (Å²) in [5.41, 5.74) is 0.988. The van der Waals surface area contributed by atoms with Gasteiger partial charge in [-0.1, -0.05) is 6.07 Å². The minimum Gasteiger partial charge on any atom is -0.491 e. The minimum absolute atomic E-state index is 0.469. The Morgan fingerprint density at radius 2 is 2.22 bits per heavy atom. The maximum atomic E-state index is 5.97. The van der Waals surface area contributed by atoms with Crippen molar-refractivity contribution >= 4 is 10.9 Å². The van der Waals surface area contributed by atoms with Crippen LogP contribution in [0.5, 0.6) is 5.75 Å². The summed E-state index contributed by atoms with van der Waals surface area (Å²) in [5.74, 6) is 1.73. The quantitative estimate of drug-likeness (QED) is 0.875. The fraction of sp³-hybridized carbons (Fsp3) is 0.400. The van der Waals surface area contributed by atoms with Crippen LogP contribution in [0.2, 0.25) is 0 Å². The Kier molecular flexibility index (Phi) is 3.15. The van der Waals surface area contributed by atoms with E-state index in [9.17, 15) is 0 Å². The minimum atomic E-state index is 0.469. The van der Waals surface area contributed by atoms with E-state index in [0.29, 0.717) is 6.04 Å². The molecule has 1 aromatic carbocycles. The Bertz CT molecular complexity index is 532. The van der Waals surface area contributed by atoms with Crippen LogP contribution in [0.1, 0.15) is 12.8 Å². The van der Waals surface area contributed by atoms with Gasteiger partial charge < -0.3 is 10.1 Å². The van der Waals surface area contributed by atoms with Gasteiger partial charge in [0, 0.05) is 17.6 Å². The molecule has 0 bridgehead atoms. The first kappa shape index (κ1) is 11.5. The monoisotopic (exact) mass is 242 g/mol. The predicted molar refractivity (Wildman–Crippen MR) is 72.8 cm³/mol. The molecule has 0 radical (unpaired) electrons. The molecule has 3 rings (SSSR count). The van der Waals surface area contributed by atoms with E-state index in [1.54, 1.807) is 0 Å². The summed E-state index contributed by atoms with van der Waals surface area (Å²) < 4.78 is 5.97. The zero-order chi connectivity index (χ0) is 12.4. The topological polar surface area (TPSA) is 34.1 Å². The molecule has 18 heavy (non-hydrogen) atoms. The van der Waals surface area contributed by atoms with Crippen molar-refractivity contribution < 1.29 is 4.74 Å². The predicted octanol–water partition coefficient (Wildman–Crippen LogP) is 2.61. The highest BCUT2D eigenvalue weighted by Crippen LogP contribution is 2.33. The van der Waals surface area contributed by atoms with E-state index in [4.69, 9.17) is 4.74 Å². The number of fused-ring (bicyclic) bond motifs is 1. The Morgan fingerprint density at radius 1 is 1.33 bits per heavy atom. The highest BCUT2D eigenvalue weighted by Gasteiger charge is 2.30. The van der Waals surface area contributed by atoms with Crippen molar-refractivity contribution in [3.8, 4) is 5.75 Å². The third kappa shape index (κ3) is 2.31. The summed E-state index contributed by atoms with van der Waals surface area (Å²) >= 11 is 0. The summed E-state index contributed by atoms with van der Waals surface area (Å²) in [6.45, 7) is 0.731. The molecule has 1 aliphatic carbocycles. The summed E-state index contributed by atoms with van der Waals surface area (Å²) in [7, 11) is 2.01. The van der Waals surface area contributed by atoms with Crippen molar-refractivity contribution in [2.45, 2.75) is 18.9 Å². The first-order valence-electron chi connectivity index (χ1n) is 6.52. The Hall–Kier alpha value is -1.61. The van der Waals surface area contributed by atoms with E-state index in [0.717, 1.165) is 29.2 Å². The van der Waals surface area contributed by atoms with Crippen LogP contribution in [0.3, 0.4) is 0 Å². The van der Waals surface area contributed by atoms with Gasteiger partial charge in [-0.25, -0.2) is 0 Å². The molecule has 1 saturated carbocycles. The molecule has 94 valence electrons. The largest absolute Gasteiger partial charge is 0.491 e. The third-order valence-electron chi connectivity index (χ3n) is 3.59. The second kappa shape index (κ2) is 4.94. The van der Waals surface area contributed by atoms with Crippen molar-refractivity contribution in [2.75, 3.05) is 13.7 Å². The molecule has 1 aliphatic rings. The number of likely N-dealkylation sites (N-methyl/N-ethyl adjacent to an activating group) is 1. The van der Waals surface area contributed by atoms with Gasteiger partial charge in [0.15, 0.2) is 0 Å². The maximum absolute atomic E-state index is 5.97. The van der Waals surface area contributed by atoms with Crippen molar-refractivity contribution in [2.24, 2.45) is 5.92 Å². The standard InChI is InChI=1S/C15H18N2O/c1-16-14(11-7-8-11)10-18-15-6-2-5-13-12(15)4-3-9-17-13/h2-6,9,11,14,16H,7-8,10H2,1H3. The number of nitrogens with zero attached hydrogens (tertiary/aromatic N) is 1. The number of ether oxygens (including phenoxy) is 1. The molecule has 0 amide bonds. The zero-order valence-corrected chi connectivity index (χ0v) is 10.6. The lowest BCUT2D eigenvalue weighted by molar-refractivity contribution is 0.259. The summed E-state index contributed by atoms with van der Waals surface area (Å²) in [6, 6.07) is 10.5. The van der Waals surface area contributed by atoms with Gasteiger partial charge in [0.25, 0.3) is 0 Å². The van der Waals surface area contributed by atoms with Crippen LogP contribution in [0.25, 0.3) is 10.9 Å². The van der Waals surface area contributed by atoms with E-state index < -0.39 is 0 Å². The van der Waals surface area contributed by atoms with Gasteiger partial charge in [-0.3, -0.25) is 4.98 Å². The number of aromatic nitrogens is 1. The molecule has 1 atom stereocenters. The number of pyridine rings is 1. The number of hydrogen-bond acceptors (Lipinski definition) is 3. The van der Waals surface area contributed by atoms with Crippen molar-refractivity contribution in [1.82, 2.24) is 10.3 Å². The molecule has 3 nitrogen and oxygen atoms in total. The van der Waals surface area contributed by atoms with Crippen molar-refractivity contribution in [3.05, 3.63) is 36.5 Å². The SMILES string of the molecule is CNC(COc1cccc2ncccc12)C1CC1. The van der Waals surface area contributed by atoms with Crippen LogP contribution < -0.4 is 10.1 Å². The lowest BCUT2D eigenvalue weighted by atomic mass is 10.2. The van der Waals surface area contributed by atoms with Crippen LogP contribution in [0.4, 0.5) is 0 Å². The van der Waals surface area contributed by atoms with Crippen molar-refractivity contribution in [1.29, 1.82) is 0 Å². The van der Waals surface area contributed by atoms with Gasteiger partial charge >= 0.3 is 0 Å². The smallest absolute Gasteiger partial charge is 0.128 e. The van der Waals surface area contributed by atoms with Gasteiger partial charge in [0.05, 0.1) is 5.52 Å². The van der Waals surface area contributed by atoms with Crippen LogP contribution >= 0.6 is 0 Å². The highest BCUT2D eigenvalue weighted by molar-refractivity contribution is 5.84. The Morgan fingerprint density at radius 3 is 3.00 bits per heavy atom. The summed E-state index contributed by atoms with van der Waals surface area (Å²) in [5, 5.41) is 4.43. The molecular formula is C15H18N2O. The number of benzene rings is 1. The van der Waals surface area contributed by atoms with Crippen molar-refractivity contribution in [3.63, 3.8) is 0 Å². The fourth-order valence-corrected chi connectivity index (χ4v) is 2.33. The van der Waals surface area contributed by atoms with Crippen LogP contribution in [-0.4, -0.2) is 24.7 Å². The van der Waals surface area contributed by atoms with Gasteiger partial charge in [-0.05, 0) is 50.1 Å². The second-order valence-corrected chi connectivity index (χ2v) is 4.87. The van der Waals surface area contributed by atoms with E-state index in [-0.39, 0.29) is 0 Å². The molecule has 1 unspecified atom stereocenters. The number of nitrogens with one attached hydrogen (secondary N) is 1. The Balaban J connectivity index is 1.77. The van der Waals surface area contributed by atoms with Gasteiger partial charge in [0.1, 0.15) is 12.4 Å². The maximum Gasteiger partial charge on any atom is 0.128 e. The molecule has 0 saturated heterocycles. The molecule has 1 fully saturated rings. The molecule has 1 N–H and O–H groups in total. The molecule has 2 aromatic rings. The molecule has 3 heteroatoms. The van der Waals surface area contributed by atoms with Crippen LogP contribution in [0.15, 0.2) is 36.5 Å². The van der Waals surface area contributed by atoms with Gasteiger partial charge in [-0.15, -0.1) is 0 Å². The molecule has 1 aromatic heterocycles. The van der Waals surface area contributed by atoms with Gasteiger partial charge in [0.2, 0.25) is 0 Å². The molecular weight excluding hydrogens is 224 g/mol. The zero-order valence-electron chi connectivity index (χ0n) is 10.6. The highest BCUT2D eigenvalue weighted by atomic mass is 16.5. The van der Waals surface area contributed by atoms with E-state index in [1.807, 2.05) is 37.5 Å². The lowest BCUT2D eigenvalue weighted by Crippen LogP contribution is -2.33. The first-order valence-corrected chi connectivity index (χ1v) is 6.52. The average Bonchev–Trinajstić information content (AvgIpc) is 3.24. The molecule has 0 aliphatic heterocycles. The first-order chi connectivity index (χ1) is 8.88. The van der Waals surface area contributed by atoms with E-state index in [2.05, 4.69) is 16.4 Å². The third-order valence-corrected chi connectivity index (χ3v) is 3.59. The Labute approximate surface area is 107 Å². The second-order valence-electron chi connectivity index (χ2n) is 4.87. The van der Waals surface area contributed by atoms with Crippen LogP contribution in [0, 0.1) is 5.92 Å². The molecule has 1 heterocycles. The van der Waals surface area contributed by atoms with E-state index >= 15 is 0 Å². The lowest BCUT2D eigenvalue weighted by Gasteiger charge is -2.17. The summed E-state index contributed by atoms with van der Waals surface area (Å²) in [4.78, 5) is 4.34. The van der Waals surface area contributed by atoms with Crippen LogP contribution in [-0.2, 0) is 0 Å². The number of hydrogen-bond donors (Lipinski definition) is 1. The van der Waals surface area contributed by atoms with Gasteiger partial charge in [-0.2, -0.15) is 0 Å². The normalized spacial score (nSPS) is 16.7. The molecule has 0 spiro atoms.